The first-order valence-corrected chi connectivity index (χ1v) is 10.7. The van der Waals surface area contributed by atoms with Gasteiger partial charge < -0.3 is 15.2 Å². The lowest BCUT2D eigenvalue weighted by Crippen LogP contribution is -2.12. The number of amides is 1. The fraction of sp³-hybridized carbons (Fsp3) is 0.167. The average Bonchev–Trinajstić information content (AvgIpc) is 3.19. The molecule has 0 aliphatic rings. The number of para-hydroxylation sites is 1. The molecule has 30 heavy (non-hydrogen) atoms. The fourth-order valence-corrected chi connectivity index (χ4v) is 4.03. The Morgan fingerprint density at radius 3 is 2.80 bits per heavy atom. The number of nitrogens with zero attached hydrogens (tertiary/aromatic N) is 1. The third-order valence-corrected chi connectivity index (χ3v) is 5.71. The second kappa shape index (κ2) is 8.97. The quantitative estimate of drug-likeness (QED) is 0.281. The predicted octanol–water partition coefficient (Wildman–Crippen LogP) is 6.10. The van der Waals surface area contributed by atoms with Gasteiger partial charge >= 0.3 is 0 Å². The molecule has 1 amide bonds. The number of nitrogens with one attached hydrogen (secondary N) is 1. The van der Waals surface area contributed by atoms with Gasteiger partial charge in [-0.15, -0.1) is 11.3 Å². The van der Waals surface area contributed by atoms with E-state index in [1.54, 1.807) is 36.4 Å². The van der Waals surface area contributed by atoms with E-state index in [4.69, 9.17) is 4.74 Å². The molecule has 3 aromatic carbocycles. The number of benzene rings is 3. The number of aromatic nitrogens is 1. The lowest BCUT2D eigenvalue weighted by Gasteiger charge is -2.10. The standard InChI is InChI=1S/C24H22N2O3S/c1-2-3-13-29-18-8-6-7-16(14-18)23(28)25-17-11-12-21(27)19(15-17)24-26-20-9-4-5-10-22(20)30-24/h4-12,14-15,27H,2-3,13H2,1H3,(H,25,28). The summed E-state index contributed by atoms with van der Waals surface area (Å²) in [6.07, 6.45) is 2.02. The first-order chi connectivity index (χ1) is 14.6. The third kappa shape index (κ3) is 4.44. The lowest BCUT2D eigenvalue weighted by molar-refractivity contribution is 0.102. The molecule has 5 nitrogen and oxygen atoms in total. The summed E-state index contributed by atoms with van der Waals surface area (Å²) in [6, 6.07) is 19.9. The lowest BCUT2D eigenvalue weighted by atomic mass is 10.1. The van der Waals surface area contributed by atoms with E-state index >= 15 is 0 Å². The van der Waals surface area contributed by atoms with E-state index in [-0.39, 0.29) is 11.7 Å². The van der Waals surface area contributed by atoms with Crippen LogP contribution in [0.15, 0.2) is 66.7 Å². The van der Waals surface area contributed by atoms with Crippen molar-refractivity contribution in [3.8, 4) is 22.1 Å². The van der Waals surface area contributed by atoms with Crippen molar-refractivity contribution in [2.45, 2.75) is 19.8 Å². The molecule has 2 N–H and O–H groups in total. The molecule has 0 aliphatic carbocycles. The minimum Gasteiger partial charge on any atom is -0.507 e. The van der Waals surface area contributed by atoms with Crippen LogP contribution in [-0.2, 0) is 0 Å². The Bertz CT molecular complexity index is 1150. The van der Waals surface area contributed by atoms with Crippen molar-refractivity contribution >= 4 is 33.1 Å². The van der Waals surface area contributed by atoms with Gasteiger partial charge in [0.15, 0.2) is 0 Å². The molecule has 0 saturated carbocycles. The van der Waals surface area contributed by atoms with Crippen LogP contribution in [0.1, 0.15) is 30.1 Å². The Balaban J connectivity index is 1.54. The molecular weight excluding hydrogens is 396 g/mol. The van der Waals surface area contributed by atoms with Crippen molar-refractivity contribution in [2.24, 2.45) is 0 Å². The number of phenolic OH excluding ortho intramolecular Hbond substituents is 1. The zero-order valence-corrected chi connectivity index (χ0v) is 17.4. The summed E-state index contributed by atoms with van der Waals surface area (Å²) in [5.74, 6) is 0.562. The van der Waals surface area contributed by atoms with Crippen LogP contribution in [0.3, 0.4) is 0 Å². The summed E-state index contributed by atoms with van der Waals surface area (Å²) in [5.41, 5.74) is 2.57. The summed E-state index contributed by atoms with van der Waals surface area (Å²) in [5, 5.41) is 13.9. The predicted molar refractivity (Wildman–Crippen MR) is 122 cm³/mol. The minimum atomic E-state index is -0.239. The molecule has 0 bridgehead atoms. The molecule has 4 aromatic rings. The van der Waals surface area contributed by atoms with Crippen LogP contribution in [0.4, 0.5) is 5.69 Å². The Labute approximate surface area is 179 Å². The minimum absolute atomic E-state index is 0.123. The largest absolute Gasteiger partial charge is 0.507 e. The number of anilines is 1. The number of phenols is 1. The summed E-state index contributed by atoms with van der Waals surface area (Å²) >= 11 is 1.50. The normalized spacial score (nSPS) is 10.8. The van der Waals surface area contributed by atoms with Crippen LogP contribution >= 0.6 is 11.3 Å². The molecule has 1 heterocycles. The number of hydrogen-bond donors (Lipinski definition) is 2. The molecule has 0 unspecified atom stereocenters. The second-order valence-electron chi connectivity index (χ2n) is 6.90. The van der Waals surface area contributed by atoms with E-state index in [2.05, 4.69) is 17.2 Å². The summed E-state index contributed by atoms with van der Waals surface area (Å²) in [6.45, 7) is 2.73. The monoisotopic (exact) mass is 418 g/mol. The van der Waals surface area contributed by atoms with E-state index in [9.17, 15) is 9.90 Å². The van der Waals surface area contributed by atoms with Crippen LogP contribution in [0.2, 0.25) is 0 Å². The molecule has 0 saturated heterocycles. The number of hydrogen-bond acceptors (Lipinski definition) is 5. The van der Waals surface area contributed by atoms with Crippen molar-refractivity contribution in [3.63, 3.8) is 0 Å². The zero-order chi connectivity index (χ0) is 20.9. The summed E-state index contributed by atoms with van der Waals surface area (Å²) < 4.78 is 6.73. The highest BCUT2D eigenvalue weighted by Gasteiger charge is 2.13. The number of fused-ring (bicyclic) bond motifs is 1. The van der Waals surface area contributed by atoms with Crippen molar-refractivity contribution in [1.29, 1.82) is 0 Å². The van der Waals surface area contributed by atoms with Crippen LogP contribution in [0.5, 0.6) is 11.5 Å². The van der Waals surface area contributed by atoms with Crippen LogP contribution in [0, 0.1) is 0 Å². The molecule has 0 atom stereocenters. The molecule has 0 spiro atoms. The Morgan fingerprint density at radius 2 is 1.97 bits per heavy atom. The van der Waals surface area contributed by atoms with Crippen molar-refractivity contribution in [3.05, 3.63) is 72.3 Å². The highest BCUT2D eigenvalue weighted by atomic mass is 32.1. The Hall–Kier alpha value is -3.38. The average molecular weight is 419 g/mol. The molecule has 152 valence electrons. The van der Waals surface area contributed by atoms with Gasteiger partial charge in [0.25, 0.3) is 5.91 Å². The maximum absolute atomic E-state index is 12.7. The van der Waals surface area contributed by atoms with Gasteiger partial charge in [0, 0.05) is 11.3 Å². The van der Waals surface area contributed by atoms with E-state index in [0.29, 0.717) is 34.2 Å². The first kappa shape index (κ1) is 19.9. The van der Waals surface area contributed by atoms with Gasteiger partial charge in [0.05, 0.1) is 22.4 Å². The number of carbonyl (C=O) groups excluding carboxylic acids is 1. The van der Waals surface area contributed by atoms with E-state index < -0.39 is 0 Å². The van der Waals surface area contributed by atoms with E-state index in [1.807, 2.05) is 30.3 Å². The van der Waals surface area contributed by atoms with Gasteiger partial charge in [-0.25, -0.2) is 4.98 Å². The molecule has 1 aromatic heterocycles. The van der Waals surface area contributed by atoms with Gasteiger partial charge in [-0.1, -0.05) is 31.5 Å². The Morgan fingerprint density at radius 1 is 1.10 bits per heavy atom. The zero-order valence-electron chi connectivity index (χ0n) is 16.6. The number of carbonyl (C=O) groups is 1. The molecule has 4 rings (SSSR count). The number of unbranched alkanes of at least 4 members (excludes halogenated alkanes) is 1. The SMILES string of the molecule is CCCCOc1cccc(C(=O)Nc2ccc(O)c(-c3nc4ccccc4s3)c2)c1. The second-order valence-corrected chi connectivity index (χ2v) is 7.93. The van der Waals surface area contributed by atoms with Crippen LogP contribution < -0.4 is 10.1 Å². The first-order valence-electron chi connectivity index (χ1n) is 9.87. The van der Waals surface area contributed by atoms with E-state index in [0.717, 1.165) is 23.1 Å². The van der Waals surface area contributed by atoms with Crippen LogP contribution in [0.25, 0.3) is 20.8 Å². The maximum Gasteiger partial charge on any atom is 0.255 e. The smallest absolute Gasteiger partial charge is 0.255 e. The number of rotatable bonds is 7. The highest BCUT2D eigenvalue weighted by molar-refractivity contribution is 7.21. The van der Waals surface area contributed by atoms with Crippen molar-refractivity contribution < 1.29 is 14.6 Å². The van der Waals surface area contributed by atoms with Crippen molar-refractivity contribution in [2.75, 3.05) is 11.9 Å². The summed E-state index contributed by atoms with van der Waals surface area (Å²) in [4.78, 5) is 17.3. The number of thiazole rings is 1. The highest BCUT2D eigenvalue weighted by Crippen LogP contribution is 2.36. The van der Waals surface area contributed by atoms with E-state index in [1.165, 1.54) is 11.3 Å². The molecule has 0 radical (unpaired) electrons. The van der Waals surface area contributed by atoms with Crippen LogP contribution in [-0.4, -0.2) is 22.6 Å². The van der Waals surface area contributed by atoms with Gasteiger partial charge in [-0.3, -0.25) is 4.79 Å². The van der Waals surface area contributed by atoms with Gasteiger partial charge in [0.2, 0.25) is 0 Å². The molecule has 6 heteroatoms. The molecule has 0 aliphatic heterocycles. The molecular formula is C24H22N2O3S. The Kier molecular flexibility index (Phi) is 5.95. The number of aromatic hydroxyl groups is 1. The van der Waals surface area contributed by atoms with Gasteiger partial charge in [-0.05, 0) is 55.0 Å². The summed E-state index contributed by atoms with van der Waals surface area (Å²) in [7, 11) is 0. The van der Waals surface area contributed by atoms with Crippen molar-refractivity contribution in [1.82, 2.24) is 4.98 Å². The number of ether oxygens (including phenoxy) is 1. The molecule has 0 fully saturated rings. The third-order valence-electron chi connectivity index (χ3n) is 4.64. The fourth-order valence-electron chi connectivity index (χ4n) is 3.04. The maximum atomic E-state index is 12.7. The topological polar surface area (TPSA) is 71.5 Å². The van der Waals surface area contributed by atoms with Gasteiger partial charge in [-0.2, -0.15) is 0 Å². The van der Waals surface area contributed by atoms with Gasteiger partial charge in [0.1, 0.15) is 16.5 Å².